The fourth-order valence-electron chi connectivity index (χ4n) is 4.15. The number of aliphatic hydroxyl groups excluding tert-OH is 1. The summed E-state index contributed by atoms with van der Waals surface area (Å²) in [5.41, 5.74) is 1.86. The van der Waals surface area contributed by atoms with Gasteiger partial charge >= 0.3 is 0 Å². The van der Waals surface area contributed by atoms with Crippen LogP contribution in [0.1, 0.15) is 36.1 Å². The van der Waals surface area contributed by atoms with Crippen LogP contribution in [0.25, 0.3) is 5.76 Å². The van der Waals surface area contributed by atoms with Crippen LogP contribution in [-0.2, 0) is 9.59 Å². The molecule has 0 saturated carbocycles. The number of aryl methyl sites for hydroxylation is 1. The number of hydrogen-bond donors (Lipinski definition) is 1. The maximum absolute atomic E-state index is 14.1. The van der Waals surface area contributed by atoms with Crippen molar-refractivity contribution in [3.63, 3.8) is 0 Å². The minimum Gasteiger partial charge on any atom is -0.507 e. The Bertz CT molecular complexity index is 1300. The van der Waals surface area contributed by atoms with Crippen LogP contribution >= 0.6 is 0 Å². The Hall–Kier alpha value is -4.13. The number of halogens is 1. The van der Waals surface area contributed by atoms with Gasteiger partial charge in [-0.25, -0.2) is 4.39 Å². The van der Waals surface area contributed by atoms with E-state index in [0.717, 1.165) is 12.0 Å². The number of aliphatic hydroxyl groups is 1. The van der Waals surface area contributed by atoms with E-state index in [-0.39, 0.29) is 17.0 Å². The number of benzene rings is 3. The van der Waals surface area contributed by atoms with Crippen LogP contribution in [-0.4, -0.2) is 30.5 Å². The molecular weight excluding hydrogens is 449 g/mol. The van der Waals surface area contributed by atoms with Gasteiger partial charge in [0, 0.05) is 11.3 Å². The van der Waals surface area contributed by atoms with Crippen molar-refractivity contribution in [2.45, 2.75) is 26.3 Å². The van der Waals surface area contributed by atoms with E-state index in [0.29, 0.717) is 29.2 Å². The number of Topliss-reactive ketones (excluding diaryl/α,β-unsaturated/α-hetero) is 1. The van der Waals surface area contributed by atoms with Crippen LogP contribution < -0.4 is 14.4 Å². The van der Waals surface area contributed by atoms with E-state index in [9.17, 15) is 19.1 Å². The van der Waals surface area contributed by atoms with Crippen LogP contribution in [0.3, 0.4) is 0 Å². The predicted octanol–water partition coefficient (Wildman–Crippen LogP) is 5.56. The van der Waals surface area contributed by atoms with Gasteiger partial charge in [0.25, 0.3) is 11.7 Å². The molecule has 3 aromatic rings. The van der Waals surface area contributed by atoms with Gasteiger partial charge in [0.05, 0.1) is 25.3 Å². The van der Waals surface area contributed by atoms with Crippen molar-refractivity contribution in [1.29, 1.82) is 0 Å². The highest BCUT2D eigenvalue weighted by molar-refractivity contribution is 6.51. The van der Waals surface area contributed by atoms with Crippen LogP contribution in [0.2, 0.25) is 0 Å². The zero-order chi connectivity index (χ0) is 25.1. The monoisotopic (exact) mass is 475 g/mol. The summed E-state index contributed by atoms with van der Waals surface area (Å²) >= 11 is 0. The first kappa shape index (κ1) is 24.0. The second kappa shape index (κ2) is 10.0. The smallest absolute Gasteiger partial charge is 0.300 e. The highest BCUT2D eigenvalue weighted by atomic mass is 19.1. The molecule has 0 bridgehead atoms. The number of amides is 1. The zero-order valence-electron chi connectivity index (χ0n) is 19.7. The molecule has 0 radical (unpaired) electrons. The summed E-state index contributed by atoms with van der Waals surface area (Å²) in [6, 6.07) is 16.4. The number of methoxy groups -OCH3 is 1. The topological polar surface area (TPSA) is 76.1 Å². The maximum Gasteiger partial charge on any atom is 0.300 e. The number of hydrogen-bond acceptors (Lipinski definition) is 5. The number of carbonyl (C=O) groups is 2. The lowest BCUT2D eigenvalue weighted by molar-refractivity contribution is -0.132. The molecule has 7 heteroatoms. The lowest BCUT2D eigenvalue weighted by atomic mass is 9.94. The van der Waals surface area contributed by atoms with Crippen LogP contribution in [0.5, 0.6) is 11.5 Å². The molecule has 1 N–H and O–H groups in total. The molecule has 1 amide bonds. The Balaban J connectivity index is 1.87. The lowest BCUT2D eigenvalue weighted by Gasteiger charge is -2.25. The molecule has 1 saturated heterocycles. The second-order valence-corrected chi connectivity index (χ2v) is 8.25. The summed E-state index contributed by atoms with van der Waals surface area (Å²) in [6.45, 7) is 4.41. The first-order valence-corrected chi connectivity index (χ1v) is 11.3. The molecule has 0 spiro atoms. The Morgan fingerprint density at radius 3 is 2.43 bits per heavy atom. The summed E-state index contributed by atoms with van der Waals surface area (Å²) in [5, 5.41) is 11.3. The van der Waals surface area contributed by atoms with Crippen LogP contribution in [0.15, 0.2) is 72.3 Å². The second-order valence-electron chi connectivity index (χ2n) is 8.25. The van der Waals surface area contributed by atoms with Crippen molar-refractivity contribution in [3.8, 4) is 11.5 Å². The average Bonchev–Trinajstić information content (AvgIpc) is 3.13. The van der Waals surface area contributed by atoms with Crippen molar-refractivity contribution in [3.05, 3.63) is 94.8 Å². The highest BCUT2D eigenvalue weighted by Gasteiger charge is 2.47. The van der Waals surface area contributed by atoms with Crippen LogP contribution in [0, 0.1) is 12.7 Å². The lowest BCUT2D eigenvalue weighted by Crippen LogP contribution is -2.29. The van der Waals surface area contributed by atoms with E-state index in [2.05, 4.69) is 0 Å². The summed E-state index contributed by atoms with van der Waals surface area (Å²) in [5.74, 6) is -1.29. The normalized spacial score (nSPS) is 17.0. The molecule has 1 aliphatic rings. The van der Waals surface area contributed by atoms with Crippen LogP contribution in [0.4, 0.5) is 10.1 Å². The largest absolute Gasteiger partial charge is 0.507 e. The first-order valence-electron chi connectivity index (χ1n) is 11.3. The number of rotatable bonds is 7. The molecule has 35 heavy (non-hydrogen) atoms. The molecule has 0 aliphatic carbocycles. The van der Waals surface area contributed by atoms with E-state index in [1.165, 1.54) is 30.2 Å². The average molecular weight is 476 g/mol. The van der Waals surface area contributed by atoms with Crippen molar-refractivity contribution < 1.29 is 28.6 Å². The van der Waals surface area contributed by atoms with Gasteiger partial charge < -0.3 is 14.6 Å². The fourth-order valence-corrected chi connectivity index (χ4v) is 4.15. The number of carbonyl (C=O) groups excluding carboxylic acids is 2. The van der Waals surface area contributed by atoms with E-state index in [1.54, 1.807) is 48.5 Å². The van der Waals surface area contributed by atoms with E-state index < -0.39 is 23.5 Å². The van der Waals surface area contributed by atoms with Gasteiger partial charge in [0.1, 0.15) is 23.1 Å². The van der Waals surface area contributed by atoms with Gasteiger partial charge in [-0.1, -0.05) is 25.1 Å². The Morgan fingerprint density at radius 2 is 1.80 bits per heavy atom. The van der Waals surface area contributed by atoms with Crippen molar-refractivity contribution >= 4 is 23.1 Å². The highest BCUT2D eigenvalue weighted by Crippen LogP contribution is 2.42. The first-order chi connectivity index (χ1) is 16.8. The predicted molar refractivity (Wildman–Crippen MR) is 131 cm³/mol. The molecule has 1 atom stereocenters. The fraction of sp³-hybridized carbons (Fsp3) is 0.214. The van der Waals surface area contributed by atoms with Gasteiger partial charge in [-0.2, -0.15) is 0 Å². The minimum atomic E-state index is -0.959. The molecule has 1 aliphatic heterocycles. The van der Waals surface area contributed by atoms with Gasteiger partial charge in [0.2, 0.25) is 0 Å². The SMILES string of the molecule is CCCOc1ccc(/C(O)=C2\C(=O)C(=O)N(c3cccc(F)c3)C2c2ccc(OC)cc2)cc1C. The molecular formula is C28H26FNO5. The standard InChI is InChI=1S/C28H26FNO5/c1-4-14-35-23-13-10-19(15-17(23)2)26(31)24-25(18-8-11-22(34-3)12-9-18)30(28(33)27(24)32)21-7-5-6-20(29)16-21/h5-13,15-16,25,31H,4,14H2,1-3H3/b26-24+. The third kappa shape index (κ3) is 4.62. The van der Waals surface area contributed by atoms with Gasteiger partial charge in [0.15, 0.2) is 0 Å². The quantitative estimate of drug-likeness (QED) is 0.275. The van der Waals surface area contributed by atoms with Crippen molar-refractivity contribution in [2.75, 3.05) is 18.6 Å². The number of anilines is 1. The van der Waals surface area contributed by atoms with E-state index >= 15 is 0 Å². The van der Waals surface area contributed by atoms with E-state index in [1.807, 2.05) is 13.8 Å². The molecule has 180 valence electrons. The molecule has 1 fully saturated rings. The Kier molecular flexibility index (Phi) is 6.87. The third-order valence-corrected chi connectivity index (χ3v) is 5.87. The third-order valence-electron chi connectivity index (χ3n) is 5.87. The summed E-state index contributed by atoms with van der Waals surface area (Å²) in [4.78, 5) is 27.6. The molecule has 0 aromatic heterocycles. The Labute approximate surface area is 203 Å². The maximum atomic E-state index is 14.1. The number of ether oxygens (including phenoxy) is 2. The zero-order valence-corrected chi connectivity index (χ0v) is 19.7. The molecule has 1 unspecified atom stereocenters. The number of ketones is 1. The summed E-state index contributed by atoms with van der Waals surface area (Å²) in [6.07, 6.45) is 0.854. The van der Waals surface area contributed by atoms with Gasteiger partial charge in [-0.3, -0.25) is 14.5 Å². The molecule has 3 aromatic carbocycles. The Morgan fingerprint density at radius 1 is 1.06 bits per heavy atom. The summed E-state index contributed by atoms with van der Waals surface area (Å²) < 4.78 is 25.0. The molecule has 1 heterocycles. The van der Waals surface area contributed by atoms with Crippen molar-refractivity contribution in [2.24, 2.45) is 0 Å². The molecule has 6 nitrogen and oxygen atoms in total. The van der Waals surface area contributed by atoms with Gasteiger partial charge in [-0.05, 0) is 73.0 Å². The number of nitrogens with zero attached hydrogens (tertiary/aromatic N) is 1. The molecule has 4 rings (SSSR count). The minimum absolute atomic E-state index is 0.0777. The summed E-state index contributed by atoms with van der Waals surface area (Å²) in [7, 11) is 1.53. The van der Waals surface area contributed by atoms with Gasteiger partial charge in [-0.15, -0.1) is 0 Å². The van der Waals surface area contributed by atoms with Crippen molar-refractivity contribution in [1.82, 2.24) is 0 Å². The van der Waals surface area contributed by atoms with E-state index in [4.69, 9.17) is 9.47 Å².